The number of nitrogens with zero attached hydrogens (tertiary/aromatic N) is 1. The van der Waals surface area contributed by atoms with Crippen LogP contribution in [0, 0.1) is 5.92 Å². The van der Waals surface area contributed by atoms with Crippen LogP contribution in [0.2, 0.25) is 0 Å². The molecule has 2 atom stereocenters. The highest BCUT2D eigenvalue weighted by molar-refractivity contribution is 4.87. The van der Waals surface area contributed by atoms with Gasteiger partial charge in [0.1, 0.15) is 0 Å². The van der Waals surface area contributed by atoms with Gasteiger partial charge in [-0.2, -0.15) is 0 Å². The van der Waals surface area contributed by atoms with E-state index in [0.29, 0.717) is 18.2 Å². The standard InChI is InChI=1S/C16H32N2O/c1-4-14-12-18(16(11-17-14)13(2)3)9-10-19-15-7-5-6-8-15/h13-17H,4-12H2,1-3H3. The second-order valence-electron chi connectivity index (χ2n) is 6.60. The van der Waals surface area contributed by atoms with Crippen molar-refractivity contribution in [2.45, 2.75) is 71.1 Å². The largest absolute Gasteiger partial charge is 0.377 e. The van der Waals surface area contributed by atoms with Crippen molar-refractivity contribution in [3.8, 4) is 0 Å². The van der Waals surface area contributed by atoms with Gasteiger partial charge >= 0.3 is 0 Å². The first-order chi connectivity index (χ1) is 9.20. The van der Waals surface area contributed by atoms with Crippen LogP contribution in [0.25, 0.3) is 0 Å². The molecule has 0 amide bonds. The van der Waals surface area contributed by atoms with E-state index in [1.165, 1.54) is 38.6 Å². The summed E-state index contributed by atoms with van der Waals surface area (Å²) < 4.78 is 6.04. The third kappa shape index (κ3) is 4.44. The fourth-order valence-corrected chi connectivity index (χ4v) is 3.48. The predicted octanol–water partition coefficient (Wildman–Crippen LogP) is 2.65. The van der Waals surface area contributed by atoms with E-state index >= 15 is 0 Å². The molecule has 0 aromatic carbocycles. The fraction of sp³-hybridized carbons (Fsp3) is 1.00. The smallest absolute Gasteiger partial charge is 0.0597 e. The molecule has 0 aromatic heterocycles. The van der Waals surface area contributed by atoms with Crippen molar-refractivity contribution in [3.63, 3.8) is 0 Å². The molecule has 0 bridgehead atoms. The topological polar surface area (TPSA) is 24.5 Å². The van der Waals surface area contributed by atoms with Crippen molar-refractivity contribution in [3.05, 3.63) is 0 Å². The minimum atomic E-state index is 0.558. The molecule has 0 radical (unpaired) electrons. The monoisotopic (exact) mass is 268 g/mol. The van der Waals surface area contributed by atoms with E-state index in [9.17, 15) is 0 Å². The van der Waals surface area contributed by atoms with Gasteiger partial charge in [0.25, 0.3) is 0 Å². The predicted molar refractivity (Wildman–Crippen MR) is 80.5 cm³/mol. The lowest BCUT2D eigenvalue weighted by molar-refractivity contribution is 0.0161. The van der Waals surface area contributed by atoms with Crippen molar-refractivity contribution in [2.24, 2.45) is 5.92 Å². The molecule has 3 heteroatoms. The Bertz CT molecular complexity index is 251. The zero-order valence-electron chi connectivity index (χ0n) is 13.0. The lowest BCUT2D eigenvalue weighted by atomic mass is 9.98. The van der Waals surface area contributed by atoms with Crippen LogP contribution in [0.4, 0.5) is 0 Å². The van der Waals surface area contributed by atoms with Crippen LogP contribution in [0.15, 0.2) is 0 Å². The van der Waals surface area contributed by atoms with Crippen molar-refractivity contribution in [2.75, 3.05) is 26.2 Å². The van der Waals surface area contributed by atoms with Gasteiger partial charge in [-0.1, -0.05) is 33.6 Å². The molecular formula is C16H32N2O. The first-order valence-electron chi connectivity index (χ1n) is 8.29. The van der Waals surface area contributed by atoms with Crippen LogP contribution in [-0.4, -0.2) is 49.3 Å². The molecule has 3 nitrogen and oxygen atoms in total. The van der Waals surface area contributed by atoms with Crippen molar-refractivity contribution in [1.29, 1.82) is 0 Å². The Kier molecular flexibility index (Phi) is 6.11. The van der Waals surface area contributed by atoms with Crippen LogP contribution in [-0.2, 0) is 4.74 Å². The summed E-state index contributed by atoms with van der Waals surface area (Å²) in [7, 11) is 0. The van der Waals surface area contributed by atoms with Crippen molar-refractivity contribution < 1.29 is 4.74 Å². The summed E-state index contributed by atoms with van der Waals surface area (Å²) in [6.45, 7) is 11.3. The molecular weight excluding hydrogens is 236 g/mol. The average Bonchev–Trinajstić information content (AvgIpc) is 2.91. The molecule has 1 aliphatic heterocycles. The number of nitrogens with one attached hydrogen (secondary N) is 1. The minimum absolute atomic E-state index is 0.558. The third-order valence-corrected chi connectivity index (χ3v) is 4.84. The van der Waals surface area contributed by atoms with Crippen LogP contribution in [0.3, 0.4) is 0 Å². The van der Waals surface area contributed by atoms with Gasteiger partial charge in [-0.3, -0.25) is 4.90 Å². The number of ether oxygens (including phenoxy) is 1. The maximum Gasteiger partial charge on any atom is 0.0597 e. The Morgan fingerprint density at radius 2 is 2.00 bits per heavy atom. The molecule has 1 heterocycles. The summed E-state index contributed by atoms with van der Waals surface area (Å²) in [5.41, 5.74) is 0. The van der Waals surface area contributed by atoms with E-state index in [0.717, 1.165) is 25.6 Å². The van der Waals surface area contributed by atoms with Gasteiger partial charge in [0, 0.05) is 31.7 Å². The Hall–Kier alpha value is -0.120. The number of hydrogen-bond acceptors (Lipinski definition) is 3. The lowest BCUT2D eigenvalue weighted by Gasteiger charge is -2.42. The summed E-state index contributed by atoms with van der Waals surface area (Å²) in [5.74, 6) is 0.719. The Morgan fingerprint density at radius 1 is 1.26 bits per heavy atom. The molecule has 1 N–H and O–H groups in total. The van der Waals surface area contributed by atoms with Crippen LogP contribution in [0.1, 0.15) is 52.9 Å². The van der Waals surface area contributed by atoms with E-state index in [2.05, 4.69) is 31.0 Å². The highest BCUT2D eigenvalue weighted by Gasteiger charge is 2.28. The van der Waals surface area contributed by atoms with Gasteiger partial charge in [0.05, 0.1) is 12.7 Å². The number of hydrogen-bond donors (Lipinski definition) is 1. The molecule has 2 fully saturated rings. The summed E-state index contributed by atoms with van der Waals surface area (Å²) in [4.78, 5) is 2.66. The molecule has 1 saturated carbocycles. The third-order valence-electron chi connectivity index (χ3n) is 4.84. The summed E-state index contributed by atoms with van der Waals surface area (Å²) in [5, 5.41) is 3.68. The Labute approximate surface area is 119 Å². The fourth-order valence-electron chi connectivity index (χ4n) is 3.48. The van der Waals surface area contributed by atoms with Gasteiger partial charge in [-0.05, 0) is 25.2 Å². The highest BCUT2D eigenvalue weighted by atomic mass is 16.5. The Balaban J connectivity index is 1.76. The van der Waals surface area contributed by atoms with Crippen LogP contribution < -0.4 is 5.32 Å². The first kappa shape index (κ1) is 15.3. The molecule has 2 unspecified atom stereocenters. The zero-order valence-corrected chi connectivity index (χ0v) is 13.0. The SMILES string of the molecule is CCC1CN(CCOC2CCCC2)C(C(C)C)CN1. The number of rotatable bonds is 6. The first-order valence-corrected chi connectivity index (χ1v) is 8.29. The van der Waals surface area contributed by atoms with Gasteiger partial charge in [-0.15, -0.1) is 0 Å². The van der Waals surface area contributed by atoms with Crippen LogP contribution in [0.5, 0.6) is 0 Å². The molecule has 1 saturated heterocycles. The van der Waals surface area contributed by atoms with Gasteiger partial charge in [-0.25, -0.2) is 0 Å². The zero-order chi connectivity index (χ0) is 13.7. The van der Waals surface area contributed by atoms with E-state index in [1.807, 2.05) is 0 Å². The Morgan fingerprint density at radius 3 is 2.63 bits per heavy atom. The highest BCUT2D eigenvalue weighted by Crippen LogP contribution is 2.21. The maximum atomic E-state index is 6.04. The second-order valence-corrected chi connectivity index (χ2v) is 6.60. The summed E-state index contributed by atoms with van der Waals surface area (Å²) in [6.07, 6.45) is 7.09. The van der Waals surface area contributed by atoms with Gasteiger partial charge < -0.3 is 10.1 Å². The van der Waals surface area contributed by atoms with Crippen molar-refractivity contribution in [1.82, 2.24) is 10.2 Å². The molecule has 2 rings (SSSR count). The minimum Gasteiger partial charge on any atom is -0.377 e. The molecule has 1 aliphatic carbocycles. The molecule has 2 aliphatic rings. The lowest BCUT2D eigenvalue weighted by Crippen LogP contribution is -2.58. The van der Waals surface area contributed by atoms with Crippen molar-refractivity contribution >= 4 is 0 Å². The molecule has 0 spiro atoms. The second kappa shape index (κ2) is 7.61. The average molecular weight is 268 g/mol. The van der Waals surface area contributed by atoms with E-state index in [1.54, 1.807) is 0 Å². The van der Waals surface area contributed by atoms with Gasteiger partial charge in [0.15, 0.2) is 0 Å². The normalized spacial score (nSPS) is 30.3. The summed E-state index contributed by atoms with van der Waals surface area (Å²) in [6, 6.07) is 1.34. The van der Waals surface area contributed by atoms with E-state index in [4.69, 9.17) is 4.74 Å². The van der Waals surface area contributed by atoms with Crippen LogP contribution >= 0.6 is 0 Å². The molecule has 0 aromatic rings. The molecule has 19 heavy (non-hydrogen) atoms. The van der Waals surface area contributed by atoms with E-state index < -0.39 is 0 Å². The summed E-state index contributed by atoms with van der Waals surface area (Å²) >= 11 is 0. The van der Waals surface area contributed by atoms with E-state index in [-0.39, 0.29) is 0 Å². The maximum absolute atomic E-state index is 6.04. The van der Waals surface area contributed by atoms with Gasteiger partial charge in [0.2, 0.25) is 0 Å². The molecule has 112 valence electrons. The quantitative estimate of drug-likeness (QED) is 0.801. The number of piperazine rings is 1.